The topological polar surface area (TPSA) is 52.7 Å². The lowest BCUT2D eigenvalue weighted by molar-refractivity contribution is 0.727. The molecule has 5 heteroatoms. The number of hydrogen-bond donors (Lipinski definition) is 0. The van der Waals surface area contributed by atoms with Gasteiger partial charge in [0.15, 0.2) is 5.69 Å². The zero-order valence-corrected chi connectivity index (χ0v) is 13.1. The van der Waals surface area contributed by atoms with E-state index in [4.69, 9.17) is 0 Å². The van der Waals surface area contributed by atoms with Gasteiger partial charge in [-0.25, -0.2) is 0 Å². The van der Waals surface area contributed by atoms with Gasteiger partial charge in [-0.2, -0.15) is 14.9 Å². The minimum Gasteiger partial charge on any atom is -0.265 e. The first kappa shape index (κ1) is 14.2. The number of para-hydroxylation sites is 2. The summed E-state index contributed by atoms with van der Waals surface area (Å²) >= 11 is 0. The molecule has 0 N–H and O–H groups in total. The number of fused-ring (bicyclic) bond motifs is 3. The first-order valence-corrected chi connectivity index (χ1v) is 7.63. The molecule has 0 spiro atoms. The summed E-state index contributed by atoms with van der Waals surface area (Å²) in [5.74, 6) is 5.87. The van der Waals surface area contributed by atoms with E-state index in [1.54, 1.807) is 11.6 Å². The Hall–Kier alpha value is -3.39. The highest BCUT2D eigenvalue weighted by Crippen LogP contribution is 2.25. The van der Waals surface area contributed by atoms with Gasteiger partial charge in [0.05, 0.1) is 11.2 Å². The Bertz CT molecular complexity index is 1110. The van der Waals surface area contributed by atoms with Gasteiger partial charge >= 0.3 is 5.56 Å². The van der Waals surface area contributed by atoms with Gasteiger partial charge in [0.25, 0.3) is 0 Å². The third kappa shape index (κ3) is 2.17. The molecule has 0 radical (unpaired) electrons. The maximum atomic E-state index is 12.8. The van der Waals surface area contributed by atoms with E-state index in [-0.39, 0.29) is 5.56 Å². The number of benzene rings is 2. The highest BCUT2D eigenvalue weighted by atomic mass is 16.1. The van der Waals surface area contributed by atoms with E-state index in [1.807, 2.05) is 54.6 Å². The van der Waals surface area contributed by atoms with Gasteiger partial charge in [0.1, 0.15) is 12.2 Å². The van der Waals surface area contributed by atoms with Crippen molar-refractivity contribution in [3.8, 4) is 28.9 Å². The fourth-order valence-electron chi connectivity index (χ4n) is 2.76. The highest BCUT2D eigenvalue weighted by molar-refractivity contribution is 5.92. The molecular weight excluding hydrogens is 300 g/mol. The van der Waals surface area contributed by atoms with Crippen LogP contribution in [0.25, 0.3) is 28.0 Å². The SMILES string of the molecule is CC#CCn1nc2c(=O)n(-c3ccccc3)nc-2c2ccccc21. The zero-order chi connectivity index (χ0) is 16.5. The Balaban J connectivity index is 2.07. The first-order valence-electron chi connectivity index (χ1n) is 7.63. The van der Waals surface area contributed by atoms with Gasteiger partial charge in [0, 0.05) is 5.39 Å². The molecule has 0 aliphatic carbocycles. The molecule has 24 heavy (non-hydrogen) atoms. The molecular formula is C19H14N4O. The van der Waals surface area contributed by atoms with E-state index in [2.05, 4.69) is 22.0 Å². The first-order chi connectivity index (χ1) is 11.8. The summed E-state index contributed by atoms with van der Waals surface area (Å²) in [6.07, 6.45) is 0. The van der Waals surface area contributed by atoms with Crippen LogP contribution in [-0.4, -0.2) is 19.6 Å². The Labute approximate surface area is 138 Å². The van der Waals surface area contributed by atoms with Crippen molar-refractivity contribution in [2.75, 3.05) is 0 Å². The molecule has 0 atom stereocenters. The van der Waals surface area contributed by atoms with Crippen LogP contribution in [0.3, 0.4) is 0 Å². The molecule has 2 aromatic carbocycles. The van der Waals surface area contributed by atoms with Crippen molar-refractivity contribution in [1.29, 1.82) is 0 Å². The molecule has 0 aromatic heterocycles. The smallest absolute Gasteiger partial charge is 0.265 e. The van der Waals surface area contributed by atoms with Crippen molar-refractivity contribution >= 4 is 10.9 Å². The Morgan fingerprint density at radius 3 is 2.50 bits per heavy atom. The van der Waals surface area contributed by atoms with E-state index in [1.165, 1.54) is 4.68 Å². The van der Waals surface area contributed by atoms with Gasteiger partial charge in [0.2, 0.25) is 0 Å². The van der Waals surface area contributed by atoms with Crippen molar-refractivity contribution in [1.82, 2.24) is 19.6 Å². The zero-order valence-electron chi connectivity index (χ0n) is 13.1. The van der Waals surface area contributed by atoms with Crippen LogP contribution < -0.4 is 5.56 Å². The molecule has 2 heterocycles. The summed E-state index contributed by atoms with van der Waals surface area (Å²) in [7, 11) is 0. The lowest BCUT2D eigenvalue weighted by atomic mass is 10.1. The molecule has 2 aliphatic rings. The van der Waals surface area contributed by atoms with E-state index in [0.717, 1.165) is 16.6 Å². The van der Waals surface area contributed by atoms with Crippen LogP contribution in [0.15, 0.2) is 59.4 Å². The van der Waals surface area contributed by atoms with Crippen molar-refractivity contribution in [3.63, 3.8) is 0 Å². The van der Waals surface area contributed by atoms with Crippen LogP contribution in [0, 0.1) is 11.8 Å². The molecule has 116 valence electrons. The maximum Gasteiger partial charge on any atom is 0.301 e. The van der Waals surface area contributed by atoms with Crippen LogP contribution >= 0.6 is 0 Å². The molecule has 2 aromatic rings. The highest BCUT2D eigenvalue weighted by Gasteiger charge is 2.22. The third-order valence-corrected chi connectivity index (χ3v) is 3.88. The number of rotatable bonds is 2. The maximum absolute atomic E-state index is 12.8. The van der Waals surface area contributed by atoms with Crippen LogP contribution in [0.1, 0.15) is 6.92 Å². The second-order valence-corrected chi connectivity index (χ2v) is 5.35. The van der Waals surface area contributed by atoms with Crippen molar-refractivity contribution < 1.29 is 0 Å². The third-order valence-electron chi connectivity index (χ3n) is 3.88. The average molecular weight is 314 g/mol. The summed E-state index contributed by atoms with van der Waals surface area (Å²) < 4.78 is 3.16. The molecule has 4 rings (SSSR count). The standard InChI is InChI=1S/C19H14N4O/c1-2-3-13-22-16-12-8-7-11-15(16)17-18(20-22)19(24)23(21-17)14-9-5-4-6-10-14/h4-12H,13H2,1H3. The number of nitrogens with zero attached hydrogens (tertiary/aromatic N) is 4. The normalized spacial score (nSPS) is 10.7. The number of aromatic nitrogens is 4. The predicted molar refractivity (Wildman–Crippen MR) is 93.2 cm³/mol. The monoisotopic (exact) mass is 314 g/mol. The lowest BCUT2D eigenvalue weighted by Crippen LogP contribution is -2.17. The van der Waals surface area contributed by atoms with Crippen LogP contribution in [0.4, 0.5) is 0 Å². The van der Waals surface area contributed by atoms with Crippen molar-refractivity contribution in [2.45, 2.75) is 13.5 Å². The summed E-state index contributed by atoms with van der Waals surface area (Å²) in [4.78, 5) is 12.8. The van der Waals surface area contributed by atoms with Gasteiger partial charge in [-0.05, 0) is 25.1 Å². The molecule has 5 nitrogen and oxygen atoms in total. The van der Waals surface area contributed by atoms with Gasteiger partial charge in [-0.3, -0.25) is 9.48 Å². The van der Waals surface area contributed by atoms with E-state index >= 15 is 0 Å². The minimum absolute atomic E-state index is 0.222. The Kier molecular flexibility index (Phi) is 3.36. The average Bonchev–Trinajstić information content (AvgIpc) is 2.97. The van der Waals surface area contributed by atoms with E-state index in [0.29, 0.717) is 17.9 Å². The Morgan fingerprint density at radius 1 is 0.958 bits per heavy atom. The van der Waals surface area contributed by atoms with Crippen molar-refractivity contribution in [3.05, 3.63) is 65.0 Å². The molecule has 0 unspecified atom stereocenters. The van der Waals surface area contributed by atoms with Crippen LogP contribution in [0.5, 0.6) is 0 Å². The minimum atomic E-state index is -0.222. The fraction of sp³-hybridized carbons (Fsp3) is 0.105. The second kappa shape index (κ2) is 5.67. The molecule has 0 saturated carbocycles. The van der Waals surface area contributed by atoms with Gasteiger partial charge < -0.3 is 0 Å². The number of hydrogen-bond acceptors (Lipinski definition) is 3. The van der Waals surface area contributed by atoms with Crippen LogP contribution in [0.2, 0.25) is 0 Å². The summed E-state index contributed by atoms with van der Waals surface area (Å²) in [5.41, 5.74) is 2.38. The summed E-state index contributed by atoms with van der Waals surface area (Å²) in [6.45, 7) is 2.22. The molecule has 0 bridgehead atoms. The van der Waals surface area contributed by atoms with Crippen molar-refractivity contribution in [2.24, 2.45) is 0 Å². The summed E-state index contributed by atoms with van der Waals surface area (Å²) in [6, 6.07) is 17.2. The predicted octanol–water partition coefficient (Wildman–Crippen LogP) is 2.71. The molecule has 0 saturated heterocycles. The second-order valence-electron chi connectivity index (χ2n) is 5.35. The molecule has 0 fully saturated rings. The van der Waals surface area contributed by atoms with Crippen LogP contribution in [-0.2, 0) is 6.54 Å². The summed E-state index contributed by atoms with van der Waals surface area (Å²) in [5, 5.41) is 9.92. The largest absolute Gasteiger partial charge is 0.301 e. The van der Waals surface area contributed by atoms with Gasteiger partial charge in [-0.15, -0.1) is 5.92 Å². The molecule has 2 aliphatic heterocycles. The van der Waals surface area contributed by atoms with E-state index < -0.39 is 0 Å². The van der Waals surface area contributed by atoms with Gasteiger partial charge in [-0.1, -0.05) is 42.3 Å². The fourth-order valence-corrected chi connectivity index (χ4v) is 2.76. The lowest BCUT2D eigenvalue weighted by Gasteiger charge is -2.09. The van der Waals surface area contributed by atoms with E-state index in [9.17, 15) is 4.79 Å². The quantitative estimate of drug-likeness (QED) is 0.535. The molecule has 0 amide bonds. The Morgan fingerprint density at radius 2 is 1.71 bits per heavy atom.